The number of nitrogens with one attached hydrogen (secondary N) is 1. The molecule has 0 unspecified atom stereocenters. The molecule has 0 aromatic carbocycles. The Hall–Kier alpha value is -1.52. The van der Waals surface area contributed by atoms with Crippen LogP contribution in [0.5, 0.6) is 0 Å². The van der Waals surface area contributed by atoms with Crippen molar-refractivity contribution in [3.63, 3.8) is 0 Å². The van der Waals surface area contributed by atoms with Crippen molar-refractivity contribution < 1.29 is 4.92 Å². The summed E-state index contributed by atoms with van der Waals surface area (Å²) in [6.45, 7) is 5.35. The van der Waals surface area contributed by atoms with Gasteiger partial charge in [-0.25, -0.2) is 0 Å². The molecule has 0 aliphatic heterocycles. The summed E-state index contributed by atoms with van der Waals surface area (Å²) in [4.78, 5) is 11.7. The van der Waals surface area contributed by atoms with Crippen molar-refractivity contribution in [1.82, 2.24) is 10.2 Å². The third kappa shape index (κ3) is 3.47. The maximum Gasteiger partial charge on any atom is 0.259 e. The molecule has 14 heavy (non-hydrogen) atoms. The monoisotopic (exact) mass is 199 g/mol. The van der Waals surface area contributed by atoms with Crippen LogP contribution in [0.3, 0.4) is 0 Å². The van der Waals surface area contributed by atoms with Crippen molar-refractivity contribution >= 4 is 0 Å². The van der Waals surface area contributed by atoms with E-state index in [2.05, 4.69) is 5.32 Å². The Kier molecular flexibility index (Phi) is 4.69. The fraction of sp³-hybridized carbons (Fsp3) is 0.556. The first-order valence-corrected chi connectivity index (χ1v) is 4.31. The second kappa shape index (κ2) is 5.26. The second-order valence-electron chi connectivity index (χ2n) is 3.24. The van der Waals surface area contributed by atoms with Gasteiger partial charge in [-0.2, -0.15) is 0 Å². The number of rotatable bonds is 4. The molecule has 80 valence electrons. The smallest absolute Gasteiger partial charge is 0.259 e. The second-order valence-corrected chi connectivity index (χ2v) is 3.24. The maximum atomic E-state index is 10.4. The van der Waals surface area contributed by atoms with Crippen molar-refractivity contribution in [2.24, 2.45) is 0 Å². The lowest BCUT2D eigenvalue weighted by Crippen LogP contribution is -2.23. The first-order valence-electron chi connectivity index (χ1n) is 4.31. The molecule has 0 aliphatic carbocycles. The van der Waals surface area contributed by atoms with Crippen LogP contribution in [0.4, 0.5) is 0 Å². The molecular formula is C9H17N3O2. The van der Waals surface area contributed by atoms with E-state index in [1.807, 2.05) is 13.8 Å². The summed E-state index contributed by atoms with van der Waals surface area (Å²) < 4.78 is 0. The highest BCUT2D eigenvalue weighted by Gasteiger charge is 2.07. The molecule has 0 radical (unpaired) electrons. The molecular weight excluding hydrogens is 182 g/mol. The van der Waals surface area contributed by atoms with Gasteiger partial charge in [0.1, 0.15) is 5.82 Å². The molecule has 0 bridgehead atoms. The predicted molar refractivity (Wildman–Crippen MR) is 55.9 cm³/mol. The van der Waals surface area contributed by atoms with Crippen LogP contribution >= 0.6 is 0 Å². The van der Waals surface area contributed by atoms with Crippen LogP contribution in [0.25, 0.3) is 0 Å². The molecule has 0 saturated heterocycles. The maximum absolute atomic E-state index is 10.4. The minimum atomic E-state index is -0.408. The van der Waals surface area contributed by atoms with Crippen LogP contribution < -0.4 is 5.32 Å². The van der Waals surface area contributed by atoms with Gasteiger partial charge in [-0.3, -0.25) is 10.1 Å². The Morgan fingerprint density at radius 3 is 2.21 bits per heavy atom. The van der Waals surface area contributed by atoms with E-state index in [-0.39, 0.29) is 5.70 Å². The predicted octanol–water partition coefficient (Wildman–Crippen LogP) is 1.53. The lowest BCUT2D eigenvalue weighted by Gasteiger charge is -2.19. The number of hydrogen-bond donors (Lipinski definition) is 1. The summed E-state index contributed by atoms with van der Waals surface area (Å²) in [6.07, 6.45) is 1.48. The van der Waals surface area contributed by atoms with E-state index in [1.165, 1.54) is 13.1 Å². The number of hydrogen-bond acceptors (Lipinski definition) is 4. The normalized spacial score (nSPS) is 10.8. The Morgan fingerprint density at radius 2 is 1.93 bits per heavy atom. The summed E-state index contributed by atoms with van der Waals surface area (Å²) >= 11 is 0. The summed E-state index contributed by atoms with van der Waals surface area (Å²) in [5, 5.41) is 13.4. The summed E-state index contributed by atoms with van der Waals surface area (Å²) in [5.41, 5.74) is 1.18. The Morgan fingerprint density at radius 1 is 1.43 bits per heavy atom. The molecule has 0 saturated carbocycles. The first kappa shape index (κ1) is 12.5. The lowest BCUT2D eigenvalue weighted by molar-refractivity contribution is -0.425. The van der Waals surface area contributed by atoms with E-state index < -0.39 is 4.92 Å². The quantitative estimate of drug-likeness (QED) is 0.551. The molecule has 0 rings (SSSR count). The molecule has 0 atom stereocenters. The summed E-state index contributed by atoms with van der Waals surface area (Å²) in [5.74, 6) is 0.867. The lowest BCUT2D eigenvalue weighted by atomic mass is 10.3. The molecule has 0 aromatic heterocycles. The van der Waals surface area contributed by atoms with Crippen LogP contribution in [0.15, 0.2) is 23.3 Å². The van der Waals surface area contributed by atoms with Crippen LogP contribution in [-0.2, 0) is 0 Å². The fourth-order valence-corrected chi connectivity index (χ4v) is 1.17. The van der Waals surface area contributed by atoms with Gasteiger partial charge in [-0.05, 0) is 19.4 Å². The van der Waals surface area contributed by atoms with Gasteiger partial charge < -0.3 is 10.2 Å². The van der Waals surface area contributed by atoms with Crippen molar-refractivity contribution in [3.8, 4) is 0 Å². The number of nitrogens with zero attached hydrogens (tertiary/aromatic N) is 2. The van der Waals surface area contributed by atoms with Gasteiger partial charge in [0.2, 0.25) is 0 Å². The van der Waals surface area contributed by atoms with E-state index in [0.29, 0.717) is 0 Å². The molecule has 0 amide bonds. The topological polar surface area (TPSA) is 58.4 Å². The van der Waals surface area contributed by atoms with Crippen LogP contribution in [-0.4, -0.2) is 23.9 Å². The average molecular weight is 199 g/mol. The van der Waals surface area contributed by atoms with E-state index in [1.54, 1.807) is 19.0 Å². The highest BCUT2D eigenvalue weighted by Crippen LogP contribution is 2.06. The van der Waals surface area contributed by atoms with Crippen molar-refractivity contribution in [2.75, 3.05) is 14.1 Å². The third-order valence-corrected chi connectivity index (χ3v) is 1.73. The average Bonchev–Trinajstić information content (AvgIpc) is 2.04. The highest BCUT2D eigenvalue weighted by molar-refractivity contribution is 5.09. The molecule has 0 fully saturated rings. The molecule has 0 aromatic rings. The zero-order valence-electron chi connectivity index (χ0n) is 9.29. The molecule has 0 aliphatic rings. The molecule has 0 spiro atoms. The zero-order valence-corrected chi connectivity index (χ0v) is 9.29. The standard InChI is InChI=1S/C9H17N3O2/c1-7(2)9(10-4)11(5)6-8(3)12(13)14/h6,10H,1-5H3/b8-6+. The van der Waals surface area contributed by atoms with Gasteiger partial charge in [0.15, 0.2) is 0 Å². The van der Waals surface area contributed by atoms with Crippen LogP contribution in [0.1, 0.15) is 20.8 Å². The SMILES string of the molecule is CNC(=C(C)C)N(C)/C=C(\C)[N+](=O)[O-]. The van der Waals surface area contributed by atoms with Gasteiger partial charge in [0.25, 0.3) is 5.70 Å². The molecule has 1 N–H and O–H groups in total. The number of nitro groups is 1. The highest BCUT2D eigenvalue weighted by atomic mass is 16.6. The van der Waals surface area contributed by atoms with Gasteiger partial charge in [-0.1, -0.05) is 0 Å². The largest absolute Gasteiger partial charge is 0.375 e. The molecule has 5 nitrogen and oxygen atoms in total. The number of allylic oxidation sites excluding steroid dienone is 2. The zero-order chi connectivity index (χ0) is 11.3. The van der Waals surface area contributed by atoms with Crippen LogP contribution in [0, 0.1) is 10.1 Å². The fourth-order valence-electron chi connectivity index (χ4n) is 1.17. The minimum Gasteiger partial charge on any atom is -0.375 e. The molecule has 0 heterocycles. The minimum absolute atomic E-state index is 0.113. The Bertz CT molecular complexity index is 278. The van der Waals surface area contributed by atoms with Crippen molar-refractivity contribution in [2.45, 2.75) is 20.8 Å². The van der Waals surface area contributed by atoms with Crippen molar-refractivity contribution in [3.05, 3.63) is 33.4 Å². The van der Waals surface area contributed by atoms with Gasteiger partial charge in [0.05, 0.1) is 11.1 Å². The van der Waals surface area contributed by atoms with E-state index in [4.69, 9.17) is 0 Å². The van der Waals surface area contributed by atoms with E-state index in [0.717, 1.165) is 11.4 Å². The third-order valence-electron chi connectivity index (χ3n) is 1.73. The van der Waals surface area contributed by atoms with Crippen LogP contribution in [0.2, 0.25) is 0 Å². The van der Waals surface area contributed by atoms with E-state index in [9.17, 15) is 10.1 Å². The van der Waals surface area contributed by atoms with Gasteiger partial charge >= 0.3 is 0 Å². The van der Waals surface area contributed by atoms with E-state index >= 15 is 0 Å². The summed E-state index contributed by atoms with van der Waals surface area (Å²) in [6, 6.07) is 0. The molecule has 5 heteroatoms. The van der Waals surface area contributed by atoms with Gasteiger partial charge in [0, 0.05) is 21.0 Å². The Balaban J connectivity index is 4.80. The van der Waals surface area contributed by atoms with Gasteiger partial charge in [-0.15, -0.1) is 0 Å². The first-order chi connectivity index (χ1) is 6.40. The Labute approximate surface area is 84.2 Å². The van der Waals surface area contributed by atoms with Crippen molar-refractivity contribution in [1.29, 1.82) is 0 Å². The summed E-state index contributed by atoms with van der Waals surface area (Å²) in [7, 11) is 3.56.